The molecular formula is C22H23NO3S. The van der Waals surface area contributed by atoms with Gasteiger partial charge in [0.1, 0.15) is 18.1 Å². The Kier molecular flexibility index (Phi) is 6.14. The first-order valence-electron chi connectivity index (χ1n) is 8.94. The molecule has 27 heavy (non-hydrogen) atoms. The molecule has 0 atom stereocenters. The zero-order chi connectivity index (χ0) is 19.1. The maximum Gasteiger partial charge on any atom is 0.236 e. The minimum Gasteiger partial charge on any atom is -0.492 e. The van der Waals surface area contributed by atoms with E-state index in [1.165, 1.54) is 5.56 Å². The SMILES string of the molecule is CCc1ccc(OCCS(=O)(=O)Nc2ccccc2-c2ccccc2)cc1. The molecule has 3 aromatic rings. The van der Waals surface area contributed by atoms with Gasteiger partial charge in [0.15, 0.2) is 0 Å². The monoisotopic (exact) mass is 381 g/mol. The molecule has 4 nitrogen and oxygen atoms in total. The molecule has 0 amide bonds. The van der Waals surface area contributed by atoms with Crippen molar-refractivity contribution in [1.82, 2.24) is 0 Å². The smallest absolute Gasteiger partial charge is 0.236 e. The van der Waals surface area contributed by atoms with Crippen molar-refractivity contribution in [1.29, 1.82) is 0 Å². The number of ether oxygens (including phenoxy) is 1. The molecule has 3 aromatic carbocycles. The Labute approximate surface area is 160 Å². The van der Waals surface area contributed by atoms with Crippen molar-refractivity contribution in [2.45, 2.75) is 13.3 Å². The Morgan fingerprint density at radius 3 is 2.22 bits per heavy atom. The first-order valence-corrected chi connectivity index (χ1v) is 10.6. The number of hydrogen-bond acceptors (Lipinski definition) is 3. The number of para-hydroxylation sites is 1. The van der Waals surface area contributed by atoms with Gasteiger partial charge in [-0.15, -0.1) is 0 Å². The van der Waals surface area contributed by atoms with E-state index >= 15 is 0 Å². The summed E-state index contributed by atoms with van der Waals surface area (Å²) in [6, 6.07) is 24.8. The van der Waals surface area contributed by atoms with E-state index in [1.54, 1.807) is 6.07 Å². The van der Waals surface area contributed by atoms with Crippen LogP contribution in [0.1, 0.15) is 12.5 Å². The summed E-state index contributed by atoms with van der Waals surface area (Å²) in [6.07, 6.45) is 0.958. The molecule has 0 saturated carbocycles. The maximum absolute atomic E-state index is 12.5. The third kappa shape index (κ3) is 5.34. The highest BCUT2D eigenvalue weighted by atomic mass is 32.2. The molecule has 0 aliphatic rings. The summed E-state index contributed by atoms with van der Waals surface area (Å²) in [5, 5.41) is 0. The number of sulfonamides is 1. The van der Waals surface area contributed by atoms with Crippen LogP contribution in [-0.2, 0) is 16.4 Å². The van der Waals surface area contributed by atoms with Crippen LogP contribution < -0.4 is 9.46 Å². The Hall–Kier alpha value is -2.79. The van der Waals surface area contributed by atoms with Crippen molar-refractivity contribution in [3.63, 3.8) is 0 Å². The molecule has 0 spiro atoms. The molecule has 0 fully saturated rings. The Morgan fingerprint density at radius 1 is 0.852 bits per heavy atom. The second kappa shape index (κ2) is 8.73. The topological polar surface area (TPSA) is 55.4 Å². The maximum atomic E-state index is 12.5. The highest BCUT2D eigenvalue weighted by molar-refractivity contribution is 7.92. The van der Waals surface area contributed by atoms with E-state index in [9.17, 15) is 8.42 Å². The minimum atomic E-state index is -3.52. The summed E-state index contributed by atoms with van der Waals surface area (Å²) in [6.45, 7) is 2.18. The van der Waals surface area contributed by atoms with Crippen LogP contribution >= 0.6 is 0 Å². The van der Waals surface area contributed by atoms with E-state index in [0.29, 0.717) is 11.4 Å². The highest BCUT2D eigenvalue weighted by Crippen LogP contribution is 2.28. The van der Waals surface area contributed by atoms with Gasteiger partial charge in [-0.25, -0.2) is 8.42 Å². The molecular weight excluding hydrogens is 358 g/mol. The average molecular weight is 381 g/mol. The molecule has 0 heterocycles. The van der Waals surface area contributed by atoms with Gasteiger partial charge in [-0.05, 0) is 35.7 Å². The fraction of sp³-hybridized carbons (Fsp3) is 0.182. The molecule has 3 rings (SSSR count). The first kappa shape index (κ1) is 19.0. The van der Waals surface area contributed by atoms with Crippen LogP contribution in [0.4, 0.5) is 5.69 Å². The van der Waals surface area contributed by atoms with Crippen LogP contribution in [0.25, 0.3) is 11.1 Å². The predicted octanol–water partition coefficient (Wildman–Crippen LogP) is 4.74. The highest BCUT2D eigenvalue weighted by Gasteiger charge is 2.14. The normalized spacial score (nSPS) is 11.1. The lowest BCUT2D eigenvalue weighted by atomic mass is 10.0. The zero-order valence-electron chi connectivity index (χ0n) is 15.3. The molecule has 0 aromatic heterocycles. The van der Waals surface area contributed by atoms with Crippen LogP contribution in [0, 0.1) is 0 Å². The summed E-state index contributed by atoms with van der Waals surface area (Å²) in [7, 11) is -3.52. The van der Waals surface area contributed by atoms with Gasteiger partial charge < -0.3 is 4.74 Å². The largest absolute Gasteiger partial charge is 0.492 e. The lowest BCUT2D eigenvalue weighted by molar-refractivity contribution is 0.341. The van der Waals surface area contributed by atoms with Crippen molar-refractivity contribution in [2.75, 3.05) is 17.1 Å². The Bertz CT molecular complexity index is 968. The molecule has 0 aliphatic heterocycles. The number of anilines is 1. The summed E-state index contributed by atoms with van der Waals surface area (Å²) < 4.78 is 33.2. The number of hydrogen-bond donors (Lipinski definition) is 1. The number of aryl methyl sites for hydroxylation is 1. The predicted molar refractivity (Wildman–Crippen MR) is 111 cm³/mol. The second-order valence-corrected chi connectivity index (χ2v) is 8.02. The van der Waals surface area contributed by atoms with Gasteiger partial charge in [0.25, 0.3) is 0 Å². The third-order valence-corrected chi connectivity index (χ3v) is 5.46. The molecule has 0 aliphatic carbocycles. The third-order valence-electron chi connectivity index (χ3n) is 4.23. The average Bonchev–Trinajstić information content (AvgIpc) is 2.69. The van der Waals surface area contributed by atoms with Crippen molar-refractivity contribution in [3.8, 4) is 16.9 Å². The number of rotatable bonds is 8. The van der Waals surface area contributed by atoms with E-state index < -0.39 is 10.0 Å². The number of nitrogens with one attached hydrogen (secondary N) is 1. The summed E-state index contributed by atoms with van der Waals surface area (Å²) in [5.41, 5.74) is 3.59. The fourth-order valence-corrected chi connectivity index (χ4v) is 3.67. The van der Waals surface area contributed by atoms with Crippen LogP contribution in [0.2, 0.25) is 0 Å². The van der Waals surface area contributed by atoms with E-state index in [2.05, 4.69) is 11.6 Å². The zero-order valence-corrected chi connectivity index (χ0v) is 16.1. The molecule has 1 N–H and O–H groups in total. The summed E-state index contributed by atoms with van der Waals surface area (Å²) >= 11 is 0. The van der Waals surface area contributed by atoms with Gasteiger partial charge in [0.05, 0.1) is 5.69 Å². The molecule has 0 unspecified atom stereocenters. The van der Waals surface area contributed by atoms with Gasteiger partial charge in [-0.2, -0.15) is 0 Å². The van der Waals surface area contributed by atoms with Gasteiger partial charge in [0.2, 0.25) is 10.0 Å². The minimum absolute atomic E-state index is 0.0916. The Balaban J connectivity index is 1.64. The lowest BCUT2D eigenvalue weighted by Crippen LogP contribution is -2.21. The van der Waals surface area contributed by atoms with Crippen molar-refractivity contribution in [3.05, 3.63) is 84.4 Å². The molecule has 0 saturated heterocycles. The fourth-order valence-electron chi connectivity index (χ4n) is 2.75. The van der Waals surface area contributed by atoms with Crippen LogP contribution in [-0.4, -0.2) is 20.8 Å². The van der Waals surface area contributed by atoms with Crippen molar-refractivity contribution in [2.24, 2.45) is 0 Å². The summed E-state index contributed by atoms with van der Waals surface area (Å²) in [4.78, 5) is 0. The molecule has 0 bridgehead atoms. The first-order chi connectivity index (χ1) is 13.1. The van der Waals surface area contributed by atoms with E-state index in [-0.39, 0.29) is 12.4 Å². The van der Waals surface area contributed by atoms with Gasteiger partial charge in [-0.1, -0.05) is 67.6 Å². The van der Waals surface area contributed by atoms with Crippen LogP contribution in [0.15, 0.2) is 78.9 Å². The quantitative estimate of drug-likeness (QED) is 0.613. The van der Waals surface area contributed by atoms with E-state index in [0.717, 1.165) is 17.5 Å². The van der Waals surface area contributed by atoms with E-state index in [1.807, 2.05) is 72.8 Å². The van der Waals surface area contributed by atoms with Crippen LogP contribution in [0.5, 0.6) is 5.75 Å². The second-order valence-electron chi connectivity index (χ2n) is 6.18. The van der Waals surface area contributed by atoms with Crippen LogP contribution in [0.3, 0.4) is 0 Å². The molecule has 140 valence electrons. The van der Waals surface area contributed by atoms with Crippen molar-refractivity contribution >= 4 is 15.7 Å². The number of benzene rings is 3. The Morgan fingerprint density at radius 2 is 1.52 bits per heavy atom. The van der Waals surface area contributed by atoms with Gasteiger partial charge >= 0.3 is 0 Å². The standard InChI is InChI=1S/C22H23NO3S/c1-2-18-12-14-20(15-13-18)26-16-17-27(24,25)23-22-11-7-6-10-21(22)19-8-4-3-5-9-19/h3-15,23H,2,16-17H2,1H3. The van der Waals surface area contributed by atoms with E-state index in [4.69, 9.17) is 4.74 Å². The van der Waals surface area contributed by atoms with Gasteiger partial charge in [-0.3, -0.25) is 4.72 Å². The molecule has 5 heteroatoms. The summed E-state index contributed by atoms with van der Waals surface area (Å²) in [5.74, 6) is 0.554. The molecule has 0 radical (unpaired) electrons. The van der Waals surface area contributed by atoms with Gasteiger partial charge in [0, 0.05) is 5.56 Å². The van der Waals surface area contributed by atoms with Crippen molar-refractivity contribution < 1.29 is 13.2 Å². The lowest BCUT2D eigenvalue weighted by Gasteiger charge is -2.13.